The minimum Gasteiger partial charge on any atom is -0.494 e. The number of fused-ring (bicyclic) bond motifs is 1. The summed E-state index contributed by atoms with van der Waals surface area (Å²) in [6.07, 6.45) is 0. The van der Waals surface area contributed by atoms with E-state index in [9.17, 15) is 9.59 Å². The summed E-state index contributed by atoms with van der Waals surface area (Å²) in [5, 5.41) is 0.783. The zero-order valence-corrected chi connectivity index (χ0v) is 16.2. The van der Waals surface area contributed by atoms with Crippen LogP contribution in [-0.4, -0.2) is 37.0 Å². The second-order valence-corrected chi connectivity index (χ2v) is 6.46. The molecule has 6 heteroatoms. The van der Waals surface area contributed by atoms with Gasteiger partial charge in [0.05, 0.1) is 6.61 Å². The Bertz CT molecular complexity index is 977. The summed E-state index contributed by atoms with van der Waals surface area (Å²) in [7, 11) is 1.67. The summed E-state index contributed by atoms with van der Waals surface area (Å²) >= 11 is 0. The Morgan fingerprint density at radius 2 is 1.86 bits per heavy atom. The van der Waals surface area contributed by atoms with Crippen molar-refractivity contribution in [3.63, 3.8) is 0 Å². The first-order valence-electron chi connectivity index (χ1n) is 9.10. The van der Waals surface area contributed by atoms with Crippen molar-refractivity contribution >= 4 is 22.8 Å². The van der Waals surface area contributed by atoms with E-state index >= 15 is 0 Å². The highest BCUT2D eigenvalue weighted by molar-refractivity contribution is 5.97. The fourth-order valence-corrected chi connectivity index (χ4v) is 2.90. The zero-order chi connectivity index (χ0) is 20.1. The summed E-state index contributed by atoms with van der Waals surface area (Å²) < 4.78 is 16.3. The van der Waals surface area contributed by atoms with E-state index in [1.54, 1.807) is 26.1 Å². The molecule has 0 unspecified atom stereocenters. The number of carbonyl (C=O) groups excluding carboxylic acids is 2. The van der Waals surface area contributed by atoms with Crippen molar-refractivity contribution in [1.29, 1.82) is 0 Å². The number of benzene rings is 2. The smallest absolute Gasteiger partial charge is 0.375 e. The van der Waals surface area contributed by atoms with Crippen LogP contribution in [0.25, 0.3) is 11.0 Å². The number of amides is 1. The summed E-state index contributed by atoms with van der Waals surface area (Å²) in [6, 6.07) is 15.0. The number of furan rings is 1. The van der Waals surface area contributed by atoms with Gasteiger partial charge in [0.25, 0.3) is 5.91 Å². The lowest BCUT2D eigenvalue weighted by molar-refractivity contribution is -0.133. The molecule has 3 rings (SSSR count). The Morgan fingerprint density at radius 3 is 2.57 bits per heavy atom. The van der Waals surface area contributed by atoms with E-state index in [4.69, 9.17) is 13.9 Å². The molecule has 0 aliphatic rings. The van der Waals surface area contributed by atoms with Gasteiger partial charge < -0.3 is 18.8 Å². The van der Waals surface area contributed by atoms with Gasteiger partial charge in [-0.2, -0.15) is 0 Å². The minimum absolute atomic E-state index is 0.0992. The average molecular weight is 381 g/mol. The van der Waals surface area contributed by atoms with Crippen LogP contribution in [0.1, 0.15) is 28.6 Å². The fourth-order valence-electron chi connectivity index (χ4n) is 2.90. The topological polar surface area (TPSA) is 69.0 Å². The van der Waals surface area contributed by atoms with Crippen LogP contribution in [0.3, 0.4) is 0 Å². The molecule has 1 aromatic heterocycles. The number of carbonyl (C=O) groups is 2. The van der Waals surface area contributed by atoms with Crippen molar-refractivity contribution in [3.8, 4) is 5.75 Å². The van der Waals surface area contributed by atoms with Gasteiger partial charge in [0.2, 0.25) is 5.76 Å². The summed E-state index contributed by atoms with van der Waals surface area (Å²) in [4.78, 5) is 26.2. The maximum atomic E-state index is 12.4. The summed E-state index contributed by atoms with van der Waals surface area (Å²) in [5.74, 6) is -0.142. The molecule has 146 valence electrons. The minimum atomic E-state index is -0.659. The molecular formula is C22H23NO5. The standard InChI is InChI=1S/C22H23NO5/c1-4-26-17-10-11-19-18(12-17)15(2)21(28-19)22(25)27-14-20(24)23(3)13-16-8-6-5-7-9-16/h5-12H,4,13-14H2,1-3H3. The third kappa shape index (κ3) is 4.34. The number of likely N-dealkylation sites (N-methyl/N-ethyl adjacent to an activating group) is 1. The van der Waals surface area contributed by atoms with Crippen molar-refractivity contribution in [2.24, 2.45) is 0 Å². The first kappa shape index (κ1) is 19.5. The predicted octanol–water partition coefficient (Wildman–Crippen LogP) is 3.96. The lowest BCUT2D eigenvalue weighted by atomic mass is 10.1. The molecule has 0 aliphatic heterocycles. The maximum absolute atomic E-state index is 12.4. The number of nitrogens with zero attached hydrogens (tertiary/aromatic N) is 1. The van der Waals surface area contributed by atoms with Crippen LogP contribution in [-0.2, 0) is 16.1 Å². The second-order valence-electron chi connectivity index (χ2n) is 6.46. The molecule has 0 N–H and O–H groups in total. The van der Waals surface area contributed by atoms with Crippen LogP contribution < -0.4 is 4.74 Å². The normalized spacial score (nSPS) is 10.7. The molecular weight excluding hydrogens is 358 g/mol. The highest BCUT2D eigenvalue weighted by Gasteiger charge is 2.21. The first-order chi connectivity index (χ1) is 13.5. The van der Waals surface area contributed by atoms with E-state index in [1.165, 1.54) is 4.90 Å². The average Bonchev–Trinajstić information content (AvgIpc) is 3.03. The quantitative estimate of drug-likeness (QED) is 0.580. The molecule has 0 radical (unpaired) electrons. The molecule has 1 heterocycles. The van der Waals surface area contributed by atoms with E-state index in [0.717, 1.165) is 10.9 Å². The van der Waals surface area contributed by atoms with Crippen LogP contribution in [0, 0.1) is 6.92 Å². The van der Waals surface area contributed by atoms with Crippen LogP contribution in [0.5, 0.6) is 5.75 Å². The fraction of sp³-hybridized carbons (Fsp3) is 0.273. The monoisotopic (exact) mass is 381 g/mol. The van der Waals surface area contributed by atoms with Crippen molar-refractivity contribution in [2.75, 3.05) is 20.3 Å². The van der Waals surface area contributed by atoms with Crippen molar-refractivity contribution < 1.29 is 23.5 Å². The van der Waals surface area contributed by atoms with Crippen molar-refractivity contribution in [1.82, 2.24) is 4.90 Å². The first-order valence-corrected chi connectivity index (χ1v) is 9.10. The molecule has 2 aromatic carbocycles. The largest absolute Gasteiger partial charge is 0.494 e. The molecule has 0 aliphatic carbocycles. The maximum Gasteiger partial charge on any atom is 0.375 e. The van der Waals surface area contributed by atoms with Gasteiger partial charge in [0.1, 0.15) is 11.3 Å². The Hall–Kier alpha value is -3.28. The van der Waals surface area contributed by atoms with Crippen molar-refractivity contribution in [2.45, 2.75) is 20.4 Å². The Kier molecular flexibility index (Phi) is 5.99. The predicted molar refractivity (Wildman–Crippen MR) is 105 cm³/mol. The number of rotatable bonds is 7. The Labute approximate surface area is 163 Å². The number of aryl methyl sites for hydroxylation is 1. The molecule has 0 saturated carbocycles. The molecule has 1 amide bonds. The summed E-state index contributed by atoms with van der Waals surface area (Å²) in [6.45, 7) is 4.34. The van der Waals surface area contributed by atoms with E-state index in [1.807, 2.05) is 43.3 Å². The van der Waals surface area contributed by atoms with Gasteiger partial charge in [-0.15, -0.1) is 0 Å². The Balaban J connectivity index is 1.64. The van der Waals surface area contributed by atoms with Gasteiger partial charge in [-0.1, -0.05) is 30.3 Å². The van der Waals surface area contributed by atoms with Crippen molar-refractivity contribution in [3.05, 3.63) is 65.4 Å². The number of ether oxygens (including phenoxy) is 2. The second kappa shape index (κ2) is 8.61. The van der Waals surface area contributed by atoms with E-state index in [-0.39, 0.29) is 18.3 Å². The van der Waals surface area contributed by atoms with Gasteiger partial charge in [-0.25, -0.2) is 4.79 Å². The van der Waals surface area contributed by atoms with Gasteiger partial charge in [0, 0.05) is 24.5 Å². The van der Waals surface area contributed by atoms with Crippen LogP contribution in [0.2, 0.25) is 0 Å². The third-order valence-corrected chi connectivity index (χ3v) is 4.42. The molecule has 0 atom stereocenters. The Morgan fingerprint density at radius 1 is 1.11 bits per heavy atom. The summed E-state index contributed by atoms with van der Waals surface area (Å²) in [5.41, 5.74) is 2.23. The lowest BCUT2D eigenvalue weighted by Crippen LogP contribution is -2.30. The number of esters is 1. The highest BCUT2D eigenvalue weighted by atomic mass is 16.5. The van der Waals surface area contributed by atoms with E-state index in [0.29, 0.717) is 30.0 Å². The van der Waals surface area contributed by atoms with Crippen LogP contribution in [0.4, 0.5) is 0 Å². The third-order valence-electron chi connectivity index (χ3n) is 4.42. The molecule has 0 saturated heterocycles. The molecule has 0 fully saturated rings. The molecule has 6 nitrogen and oxygen atoms in total. The van der Waals surface area contributed by atoms with E-state index < -0.39 is 5.97 Å². The van der Waals surface area contributed by atoms with Crippen LogP contribution >= 0.6 is 0 Å². The number of hydrogen-bond donors (Lipinski definition) is 0. The van der Waals surface area contributed by atoms with Gasteiger partial charge in [-0.05, 0) is 37.6 Å². The molecule has 28 heavy (non-hydrogen) atoms. The molecule has 3 aromatic rings. The number of hydrogen-bond acceptors (Lipinski definition) is 5. The van der Waals surface area contributed by atoms with Gasteiger partial charge in [0.15, 0.2) is 6.61 Å². The van der Waals surface area contributed by atoms with Gasteiger partial charge in [-0.3, -0.25) is 4.79 Å². The van der Waals surface area contributed by atoms with Crippen LogP contribution in [0.15, 0.2) is 52.9 Å². The zero-order valence-electron chi connectivity index (χ0n) is 16.2. The van der Waals surface area contributed by atoms with E-state index in [2.05, 4.69) is 0 Å². The lowest BCUT2D eigenvalue weighted by Gasteiger charge is -2.17. The SMILES string of the molecule is CCOc1ccc2oc(C(=O)OCC(=O)N(C)Cc3ccccc3)c(C)c2c1. The van der Waals surface area contributed by atoms with Gasteiger partial charge >= 0.3 is 5.97 Å². The highest BCUT2D eigenvalue weighted by Crippen LogP contribution is 2.29. The molecule has 0 spiro atoms. The molecule has 0 bridgehead atoms.